The van der Waals surface area contributed by atoms with Crippen molar-refractivity contribution in [2.45, 2.75) is 18.9 Å². The molecular weight excluding hydrogens is 289 g/mol. The van der Waals surface area contributed by atoms with Crippen LogP contribution >= 0.6 is 15.9 Å². The second-order valence-electron chi connectivity index (χ2n) is 3.77. The zero-order valence-corrected chi connectivity index (χ0v) is 11.2. The van der Waals surface area contributed by atoms with Crippen molar-refractivity contribution in [3.63, 3.8) is 0 Å². The molecule has 1 aromatic carbocycles. The summed E-state index contributed by atoms with van der Waals surface area (Å²) in [6.45, 7) is 0.442. The number of nitrogens with two attached hydrogens (primary N) is 1. The Hall–Kier alpha value is -0.780. The van der Waals surface area contributed by atoms with Crippen molar-refractivity contribution in [1.82, 2.24) is 0 Å². The zero-order chi connectivity index (χ0) is 12.8. The van der Waals surface area contributed by atoms with Gasteiger partial charge in [-0.15, -0.1) is 0 Å². The smallest absolute Gasteiger partial charge is 0.154 e. The molecule has 0 spiro atoms. The first kappa shape index (κ1) is 14.3. The molecule has 94 valence electrons. The molecule has 5 heteroatoms. The van der Waals surface area contributed by atoms with Crippen LogP contribution in [-0.4, -0.2) is 25.5 Å². The van der Waals surface area contributed by atoms with Crippen molar-refractivity contribution in [3.8, 4) is 0 Å². The van der Waals surface area contributed by atoms with Crippen molar-refractivity contribution >= 4 is 21.7 Å². The Morgan fingerprint density at radius 3 is 2.94 bits per heavy atom. The molecule has 1 atom stereocenters. The number of rotatable bonds is 6. The number of methoxy groups -OCH3 is 1. The molecule has 0 bridgehead atoms. The van der Waals surface area contributed by atoms with Crippen LogP contribution in [0, 0.1) is 5.82 Å². The standard InChI is InChI=1S/C12H15BrFNO2/c1-17-5-4-11(15)12(16)7-8-6-9(14)2-3-10(8)13/h2-3,6,11H,4-5,7,15H2,1H3. The van der Waals surface area contributed by atoms with Crippen LogP contribution in [0.3, 0.4) is 0 Å². The maximum Gasteiger partial charge on any atom is 0.154 e. The number of benzene rings is 1. The first-order valence-electron chi connectivity index (χ1n) is 5.25. The van der Waals surface area contributed by atoms with E-state index in [1.807, 2.05) is 0 Å². The summed E-state index contributed by atoms with van der Waals surface area (Å²) in [6, 6.07) is 3.69. The molecule has 2 N–H and O–H groups in total. The van der Waals surface area contributed by atoms with E-state index in [2.05, 4.69) is 15.9 Å². The molecule has 17 heavy (non-hydrogen) atoms. The molecule has 0 fully saturated rings. The summed E-state index contributed by atoms with van der Waals surface area (Å²) in [5, 5.41) is 0. The van der Waals surface area contributed by atoms with Crippen LogP contribution in [0.2, 0.25) is 0 Å². The van der Waals surface area contributed by atoms with Gasteiger partial charge in [-0.3, -0.25) is 4.79 Å². The maximum absolute atomic E-state index is 13.0. The lowest BCUT2D eigenvalue weighted by Crippen LogP contribution is -2.33. The third kappa shape index (κ3) is 4.53. The summed E-state index contributed by atoms with van der Waals surface area (Å²) in [5.41, 5.74) is 6.31. The number of ketones is 1. The molecule has 0 radical (unpaired) electrons. The van der Waals surface area contributed by atoms with Gasteiger partial charge >= 0.3 is 0 Å². The molecule has 0 aliphatic heterocycles. The molecule has 0 aliphatic rings. The molecule has 0 amide bonds. The largest absolute Gasteiger partial charge is 0.385 e. The van der Waals surface area contributed by atoms with Gasteiger partial charge in [0.05, 0.1) is 6.04 Å². The van der Waals surface area contributed by atoms with Crippen molar-refractivity contribution in [2.24, 2.45) is 5.73 Å². The van der Waals surface area contributed by atoms with Gasteiger partial charge in [0.15, 0.2) is 5.78 Å². The topological polar surface area (TPSA) is 52.3 Å². The number of halogens is 2. The molecule has 1 aromatic rings. The zero-order valence-electron chi connectivity index (χ0n) is 9.58. The molecular formula is C12H15BrFNO2. The fourth-order valence-electron chi connectivity index (χ4n) is 1.40. The Balaban J connectivity index is 2.64. The van der Waals surface area contributed by atoms with Crippen LogP contribution in [0.15, 0.2) is 22.7 Å². The van der Waals surface area contributed by atoms with Gasteiger partial charge in [-0.2, -0.15) is 0 Å². The average molecular weight is 304 g/mol. The highest BCUT2D eigenvalue weighted by molar-refractivity contribution is 9.10. The fourth-order valence-corrected chi connectivity index (χ4v) is 1.79. The minimum Gasteiger partial charge on any atom is -0.385 e. The van der Waals surface area contributed by atoms with E-state index in [9.17, 15) is 9.18 Å². The monoisotopic (exact) mass is 303 g/mol. The molecule has 0 heterocycles. The highest BCUT2D eigenvalue weighted by Gasteiger charge is 2.15. The van der Waals surface area contributed by atoms with E-state index in [0.717, 1.165) is 0 Å². The van der Waals surface area contributed by atoms with Gasteiger partial charge in [0.25, 0.3) is 0 Å². The van der Waals surface area contributed by atoms with Gasteiger partial charge in [-0.1, -0.05) is 15.9 Å². The van der Waals surface area contributed by atoms with E-state index in [0.29, 0.717) is 23.1 Å². The summed E-state index contributed by atoms with van der Waals surface area (Å²) >= 11 is 3.28. The first-order chi connectivity index (χ1) is 8.04. The Bertz CT molecular complexity index is 398. The molecule has 0 saturated heterocycles. The SMILES string of the molecule is COCCC(N)C(=O)Cc1cc(F)ccc1Br. The van der Waals surface area contributed by atoms with Gasteiger partial charge in [-0.05, 0) is 30.2 Å². The highest BCUT2D eigenvalue weighted by Crippen LogP contribution is 2.19. The van der Waals surface area contributed by atoms with E-state index < -0.39 is 6.04 Å². The Morgan fingerprint density at radius 2 is 2.29 bits per heavy atom. The summed E-state index contributed by atoms with van der Waals surface area (Å²) in [4.78, 5) is 11.8. The Kier molecular flexibility index (Phi) is 5.74. The first-order valence-corrected chi connectivity index (χ1v) is 6.05. The Morgan fingerprint density at radius 1 is 1.59 bits per heavy atom. The van der Waals surface area contributed by atoms with E-state index in [1.165, 1.54) is 12.1 Å². The van der Waals surface area contributed by atoms with Gasteiger partial charge in [0.2, 0.25) is 0 Å². The molecule has 1 rings (SSSR count). The van der Waals surface area contributed by atoms with E-state index in [-0.39, 0.29) is 18.0 Å². The predicted octanol–water partition coefficient (Wildman–Crippen LogP) is 2.06. The minimum atomic E-state index is -0.565. The van der Waals surface area contributed by atoms with Crippen molar-refractivity contribution in [3.05, 3.63) is 34.1 Å². The second kappa shape index (κ2) is 6.83. The maximum atomic E-state index is 13.0. The third-order valence-electron chi connectivity index (χ3n) is 2.42. The minimum absolute atomic E-state index is 0.117. The summed E-state index contributed by atoms with van der Waals surface area (Å²) < 4.78 is 18.6. The van der Waals surface area contributed by atoms with Crippen LogP contribution in [0.5, 0.6) is 0 Å². The number of hydrogen-bond acceptors (Lipinski definition) is 3. The summed E-state index contributed by atoms with van der Waals surface area (Å²) in [7, 11) is 1.56. The molecule has 0 aliphatic carbocycles. The molecule has 1 unspecified atom stereocenters. The Labute approximate surface area is 108 Å². The quantitative estimate of drug-likeness (QED) is 0.875. The van der Waals surface area contributed by atoms with Crippen molar-refractivity contribution in [1.29, 1.82) is 0 Å². The lowest BCUT2D eigenvalue weighted by atomic mass is 10.0. The van der Waals surface area contributed by atoms with Crippen LogP contribution in [-0.2, 0) is 16.0 Å². The third-order valence-corrected chi connectivity index (χ3v) is 3.19. The van der Waals surface area contributed by atoms with E-state index >= 15 is 0 Å². The fraction of sp³-hybridized carbons (Fsp3) is 0.417. The molecule has 3 nitrogen and oxygen atoms in total. The lowest BCUT2D eigenvalue weighted by Gasteiger charge is -2.10. The number of Topliss-reactive ketones (excluding diaryl/α,β-unsaturated/α-hetero) is 1. The predicted molar refractivity (Wildman–Crippen MR) is 67.3 cm³/mol. The number of carbonyl (C=O) groups is 1. The molecule has 0 aromatic heterocycles. The van der Waals surface area contributed by atoms with Gasteiger partial charge in [0, 0.05) is 24.6 Å². The normalized spacial score (nSPS) is 12.5. The highest BCUT2D eigenvalue weighted by atomic mass is 79.9. The van der Waals surface area contributed by atoms with Crippen molar-refractivity contribution < 1.29 is 13.9 Å². The number of carbonyl (C=O) groups excluding carboxylic acids is 1. The van der Waals surface area contributed by atoms with Crippen LogP contribution in [0.25, 0.3) is 0 Å². The number of hydrogen-bond donors (Lipinski definition) is 1. The van der Waals surface area contributed by atoms with Gasteiger partial charge < -0.3 is 10.5 Å². The summed E-state index contributed by atoms with van der Waals surface area (Å²) in [5.74, 6) is -0.477. The van der Waals surface area contributed by atoms with Crippen LogP contribution in [0.1, 0.15) is 12.0 Å². The van der Waals surface area contributed by atoms with Gasteiger partial charge in [-0.25, -0.2) is 4.39 Å². The second-order valence-corrected chi connectivity index (χ2v) is 4.62. The van der Waals surface area contributed by atoms with Gasteiger partial charge in [0.1, 0.15) is 5.82 Å². The number of ether oxygens (including phenoxy) is 1. The summed E-state index contributed by atoms with van der Waals surface area (Å²) in [6.07, 6.45) is 0.603. The van der Waals surface area contributed by atoms with Crippen LogP contribution in [0.4, 0.5) is 4.39 Å². The van der Waals surface area contributed by atoms with Crippen LogP contribution < -0.4 is 5.73 Å². The lowest BCUT2D eigenvalue weighted by molar-refractivity contribution is -0.120. The van der Waals surface area contributed by atoms with E-state index in [1.54, 1.807) is 13.2 Å². The van der Waals surface area contributed by atoms with E-state index in [4.69, 9.17) is 10.5 Å². The average Bonchev–Trinajstić information content (AvgIpc) is 2.30. The van der Waals surface area contributed by atoms with Crippen molar-refractivity contribution in [2.75, 3.05) is 13.7 Å². The molecule has 0 saturated carbocycles.